The minimum atomic E-state index is -3.84. The van der Waals surface area contributed by atoms with E-state index in [0.717, 1.165) is 44.3 Å². The van der Waals surface area contributed by atoms with Crippen molar-refractivity contribution in [3.05, 3.63) is 59.2 Å². The van der Waals surface area contributed by atoms with Gasteiger partial charge in [-0.1, -0.05) is 36.6 Å². The minimum Gasteiger partial charge on any atom is -0.352 e. The van der Waals surface area contributed by atoms with Gasteiger partial charge in [0.2, 0.25) is 5.91 Å². The van der Waals surface area contributed by atoms with E-state index in [1.54, 1.807) is 25.1 Å². The molecule has 1 fully saturated rings. The van der Waals surface area contributed by atoms with Gasteiger partial charge in [-0.3, -0.25) is 14.3 Å². The second-order valence-corrected chi connectivity index (χ2v) is 9.93. The predicted octanol–water partition coefficient (Wildman–Crippen LogP) is 3.63. The molecule has 0 radical (unpaired) electrons. The molecule has 0 atom stereocenters. The highest BCUT2D eigenvalue weighted by Crippen LogP contribution is 2.20. The Hall–Kier alpha value is -2.87. The first-order valence-electron chi connectivity index (χ1n) is 11.0. The van der Waals surface area contributed by atoms with Crippen LogP contribution in [0.2, 0.25) is 0 Å². The van der Waals surface area contributed by atoms with Crippen LogP contribution in [-0.4, -0.2) is 44.8 Å². The van der Waals surface area contributed by atoms with Crippen LogP contribution in [0, 0.1) is 13.8 Å². The van der Waals surface area contributed by atoms with Gasteiger partial charge in [-0.15, -0.1) is 0 Å². The molecule has 0 spiro atoms. The zero-order chi connectivity index (χ0) is 23.1. The van der Waals surface area contributed by atoms with Crippen LogP contribution in [-0.2, 0) is 14.8 Å². The topological polar surface area (TPSA) is 95.6 Å². The summed E-state index contributed by atoms with van der Waals surface area (Å²) in [7, 11) is -3.84. The summed E-state index contributed by atoms with van der Waals surface area (Å²) in [6, 6.07) is 11.5. The third-order valence-electron chi connectivity index (χ3n) is 5.65. The first kappa shape index (κ1) is 23.8. The van der Waals surface area contributed by atoms with Gasteiger partial charge in [0.15, 0.2) is 0 Å². The minimum absolute atomic E-state index is 0.00877. The number of nitrogens with one attached hydrogen (secondary N) is 2. The van der Waals surface area contributed by atoms with Crippen molar-refractivity contribution >= 4 is 27.5 Å². The van der Waals surface area contributed by atoms with Crippen molar-refractivity contribution in [3.8, 4) is 0 Å². The molecule has 1 heterocycles. The molecule has 2 aromatic rings. The Morgan fingerprint density at radius 2 is 1.59 bits per heavy atom. The highest BCUT2D eigenvalue weighted by Gasteiger charge is 2.19. The van der Waals surface area contributed by atoms with Gasteiger partial charge in [-0.2, -0.15) is 0 Å². The first-order valence-corrected chi connectivity index (χ1v) is 12.5. The number of benzene rings is 2. The molecule has 7 nitrogen and oxygen atoms in total. The summed E-state index contributed by atoms with van der Waals surface area (Å²) in [6.45, 7) is 5.44. The van der Waals surface area contributed by atoms with Crippen molar-refractivity contribution in [3.63, 3.8) is 0 Å². The number of amides is 2. The maximum atomic E-state index is 12.8. The third-order valence-corrected chi connectivity index (χ3v) is 7.03. The van der Waals surface area contributed by atoms with Gasteiger partial charge in [0.1, 0.15) is 0 Å². The van der Waals surface area contributed by atoms with Crippen LogP contribution in [0.25, 0.3) is 0 Å². The number of carbonyl (C=O) groups excluding carboxylic acids is 2. The summed E-state index contributed by atoms with van der Waals surface area (Å²) in [4.78, 5) is 27.0. The van der Waals surface area contributed by atoms with Crippen LogP contribution in [0.3, 0.4) is 0 Å². The van der Waals surface area contributed by atoms with Crippen LogP contribution in [0.1, 0.15) is 53.6 Å². The van der Waals surface area contributed by atoms with E-state index in [9.17, 15) is 18.0 Å². The average Bonchev–Trinajstić information content (AvgIpc) is 3.05. The zero-order valence-corrected chi connectivity index (χ0v) is 19.5. The lowest BCUT2D eigenvalue weighted by Gasteiger charge is -2.20. The van der Waals surface area contributed by atoms with E-state index < -0.39 is 15.9 Å². The molecule has 0 unspecified atom stereocenters. The quantitative estimate of drug-likeness (QED) is 0.664. The van der Waals surface area contributed by atoms with E-state index in [1.807, 2.05) is 24.0 Å². The summed E-state index contributed by atoms with van der Waals surface area (Å²) in [5, 5.41) is 2.76. The van der Waals surface area contributed by atoms with Crippen molar-refractivity contribution in [1.82, 2.24) is 10.2 Å². The van der Waals surface area contributed by atoms with Gasteiger partial charge in [0.25, 0.3) is 15.9 Å². The van der Waals surface area contributed by atoms with Gasteiger partial charge in [-0.05, 0) is 56.5 Å². The number of likely N-dealkylation sites (tertiary alicyclic amines) is 1. The van der Waals surface area contributed by atoms with E-state index in [1.165, 1.54) is 12.1 Å². The lowest BCUT2D eigenvalue weighted by Crippen LogP contribution is -2.35. The number of sulfonamides is 1. The fraction of sp³-hybridized carbons (Fsp3) is 0.417. The number of hydrogen-bond acceptors (Lipinski definition) is 4. The molecule has 2 aromatic carbocycles. The van der Waals surface area contributed by atoms with Crippen LogP contribution >= 0.6 is 0 Å². The average molecular weight is 458 g/mol. The summed E-state index contributed by atoms with van der Waals surface area (Å²) in [6.07, 6.45) is 4.58. The van der Waals surface area contributed by atoms with Crippen molar-refractivity contribution < 1.29 is 18.0 Å². The Labute approximate surface area is 190 Å². The van der Waals surface area contributed by atoms with Crippen LogP contribution < -0.4 is 10.0 Å². The van der Waals surface area contributed by atoms with Gasteiger partial charge in [-0.25, -0.2) is 8.42 Å². The highest BCUT2D eigenvalue weighted by molar-refractivity contribution is 7.92. The smallest absolute Gasteiger partial charge is 0.261 e. The number of nitrogens with zero attached hydrogens (tertiary/aromatic N) is 1. The van der Waals surface area contributed by atoms with Crippen LogP contribution in [0.15, 0.2) is 47.4 Å². The van der Waals surface area contributed by atoms with Crippen molar-refractivity contribution in [2.75, 3.05) is 24.4 Å². The molecule has 0 aromatic heterocycles. The van der Waals surface area contributed by atoms with Crippen molar-refractivity contribution in [2.24, 2.45) is 0 Å². The Morgan fingerprint density at radius 1 is 0.938 bits per heavy atom. The number of rotatable bonds is 7. The molecule has 1 aliphatic heterocycles. The lowest BCUT2D eigenvalue weighted by molar-refractivity contribution is -0.131. The molecular weight excluding hydrogens is 426 g/mol. The summed E-state index contributed by atoms with van der Waals surface area (Å²) in [5.41, 5.74) is 2.42. The third kappa shape index (κ3) is 6.32. The van der Waals surface area contributed by atoms with E-state index in [4.69, 9.17) is 0 Å². The highest BCUT2D eigenvalue weighted by atomic mass is 32.2. The van der Waals surface area contributed by atoms with E-state index in [-0.39, 0.29) is 29.3 Å². The Kier molecular flexibility index (Phi) is 7.90. The standard InChI is InChI=1S/C24H31N3O4S/c1-18-7-10-20(11-8-18)26-32(30,31)21-12-9-19(2)22(17-21)24(29)25-14-13-23(28)27-15-5-3-4-6-16-27/h7-12,17,26H,3-6,13-16H2,1-2H3,(H,25,29). The molecule has 0 saturated carbocycles. The molecule has 1 aliphatic rings. The predicted molar refractivity (Wildman–Crippen MR) is 125 cm³/mol. The number of anilines is 1. The van der Waals surface area contributed by atoms with E-state index in [0.29, 0.717) is 11.3 Å². The molecule has 2 N–H and O–H groups in total. The number of hydrogen-bond donors (Lipinski definition) is 2. The Morgan fingerprint density at radius 3 is 2.25 bits per heavy atom. The monoisotopic (exact) mass is 457 g/mol. The normalized spacial score (nSPS) is 14.5. The second kappa shape index (κ2) is 10.6. The largest absolute Gasteiger partial charge is 0.352 e. The molecule has 1 saturated heterocycles. The van der Waals surface area contributed by atoms with Gasteiger partial charge in [0.05, 0.1) is 4.90 Å². The first-order chi connectivity index (χ1) is 15.3. The molecular formula is C24H31N3O4S. The maximum Gasteiger partial charge on any atom is 0.261 e. The molecule has 2 amide bonds. The number of aryl methyl sites for hydroxylation is 2. The fourth-order valence-electron chi connectivity index (χ4n) is 3.70. The summed E-state index contributed by atoms with van der Waals surface area (Å²) >= 11 is 0. The molecule has 32 heavy (non-hydrogen) atoms. The van der Waals surface area contributed by atoms with Crippen molar-refractivity contribution in [1.29, 1.82) is 0 Å². The van der Waals surface area contributed by atoms with Crippen LogP contribution in [0.5, 0.6) is 0 Å². The summed E-state index contributed by atoms with van der Waals surface area (Å²) < 4.78 is 28.1. The van der Waals surface area contributed by atoms with E-state index in [2.05, 4.69) is 10.0 Å². The molecule has 3 rings (SSSR count). The second-order valence-electron chi connectivity index (χ2n) is 8.25. The molecule has 172 valence electrons. The van der Waals surface area contributed by atoms with Gasteiger partial charge >= 0.3 is 0 Å². The lowest BCUT2D eigenvalue weighted by atomic mass is 10.1. The van der Waals surface area contributed by atoms with Crippen molar-refractivity contribution in [2.45, 2.75) is 50.8 Å². The molecule has 0 aliphatic carbocycles. The van der Waals surface area contributed by atoms with E-state index >= 15 is 0 Å². The Bertz CT molecular complexity index is 1060. The maximum absolute atomic E-state index is 12.8. The van der Waals surface area contributed by atoms with Gasteiger partial charge < -0.3 is 10.2 Å². The fourth-order valence-corrected chi connectivity index (χ4v) is 4.79. The summed E-state index contributed by atoms with van der Waals surface area (Å²) in [5.74, 6) is -0.346. The van der Waals surface area contributed by atoms with Crippen LogP contribution in [0.4, 0.5) is 5.69 Å². The molecule has 0 bridgehead atoms. The molecule has 8 heteroatoms. The SMILES string of the molecule is Cc1ccc(NS(=O)(=O)c2ccc(C)c(C(=O)NCCC(=O)N3CCCCCC3)c2)cc1. The Balaban J connectivity index is 1.63. The van der Waals surface area contributed by atoms with Gasteiger partial charge in [0, 0.05) is 37.3 Å². The number of carbonyl (C=O) groups is 2. The zero-order valence-electron chi connectivity index (χ0n) is 18.7.